The molecular formula is C28H38N2O6. The molecule has 1 atom stereocenters. The number of benzene rings is 2. The second kappa shape index (κ2) is 14.3. The van der Waals surface area contributed by atoms with Crippen LogP contribution in [0.4, 0.5) is 10.5 Å². The second-order valence-electron chi connectivity index (χ2n) is 9.09. The monoisotopic (exact) mass is 498 g/mol. The zero-order valence-electron chi connectivity index (χ0n) is 21.3. The number of anilines is 1. The Morgan fingerprint density at radius 3 is 2.50 bits per heavy atom. The van der Waals surface area contributed by atoms with Crippen LogP contribution in [0.15, 0.2) is 48.5 Å². The molecule has 2 aromatic rings. The summed E-state index contributed by atoms with van der Waals surface area (Å²) >= 11 is 0. The van der Waals surface area contributed by atoms with Crippen molar-refractivity contribution < 1.29 is 28.9 Å². The van der Waals surface area contributed by atoms with Crippen LogP contribution in [0.1, 0.15) is 44.6 Å². The molecule has 196 valence electrons. The number of hydrogen-bond donors (Lipinski definition) is 2. The lowest BCUT2D eigenvalue weighted by molar-refractivity contribution is -0.149. The molecule has 0 aromatic heterocycles. The molecule has 2 N–H and O–H groups in total. The molecule has 0 saturated heterocycles. The van der Waals surface area contributed by atoms with E-state index in [2.05, 4.69) is 5.32 Å². The topological polar surface area (TPSA) is 97.3 Å². The number of carbonyl (C=O) groups is 2. The lowest BCUT2D eigenvalue weighted by Gasteiger charge is -2.30. The Hall–Kier alpha value is -3.26. The van der Waals surface area contributed by atoms with Gasteiger partial charge in [0.1, 0.15) is 18.1 Å². The molecule has 0 aliphatic heterocycles. The number of ether oxygens (including phenoxy) is 3. The minimum atomic E-state index is -0.970. The SMILES string of the molecule is CCOC(Cc1ccc(OCCN(CC2CCCCC2)C(=O)Nc2cccc(OC)c2)cc1)C(=O)O. The Morgan fingerprint density at radius 2 is 1.83 bits per heavy atom. The van der Waals surface area contributed by atoms with Gasteiger partial charge in [-0.05, 0) is 55.5 Å². The van der Waals surface area contributed by atoms with Crippen molar-refractivity contribution in [2.24, 2.45) is 5.92 Å². The van der Waals surface area contributed by atoms with Crippen LogP contribution < -0.4 is 14.8 Å². The van der Waals surface area contributed by atoms with Gasteiger partial charge in [0.25, 0.3) is 0 Å². The van der Waals surface area contributed by atoms with Crippen LogP contribution in [0.5, 0.6) is 11.5 Å². The molecule has 2 aromatic carbocycles. The van der Waals surface area contributed by atoms with Crippen molar-refractivity contribution in [3.05, 3.63) is 54.1 Å². The van der Waals surface area contributed by atoms with Gasteiger partial charge in [0.15, 0.2) is 6.10 Å². The molecule has 0 spiro atoms. The average Bonchev–Trinajstić information content (AvgIpc) is 2.89. The van der Waals surface area contributed by atoms with Gasteiger partial charge >= 0.3 is 12.0 Å². The average molecular weight is 499 g/mol. The highest BCUT2D eigenvalue weighted by Crippen LogP contribution is 2.25. The van der Waals surface area contributed by atoms with Crippen molar-refractivity contribution in [3.8, 4) is 11.5 Å². The number of amides is 2. The maximum absolute atomic E-state index is 13.1. The van der Waals surface area contributed by atoms with E-state index in [0.717, 1.165) is 18.4 Å². The van der Waals surface area contributed by atoms with Crippen LogP contribution in [-0.4, -0.2) is 61.5 Å². The highest BCUT2D eigenvalue weighted by molar-refractivity contribution is 5.89. The number of hydrogen-bond acceptors (Lipinski definition) is 5. The van der Waals surface area contributed by atoms with Crippen LogP contribution in [0.3, 0.4) is 0 Å². The van der Waals surface area contributed by atoms with Gasteiger partial charge in [-0.1, -0.05) is 37.5 Å². The number of nitrogens with one attached hydrogen (secondary N) is 1. The molecule has 1 fully saturated rings. The van der Waals surface area contributed by atoms with Gasteiger partial charge in [-0.2, -0.15) is 0 Å². The maximum atomic E-state index is 13.1. The Bertz CT molecular complexity index is 959. The van der Waals surface area contributed by atoms with Crippen LogP contribution in [0.25, 0.3) is 0 Å². The molecule has 0 radical (unpaired) electrons. The van der Waals surface area contributed by atoms with E-state index in [9.17, 15) is 14.7 Å². The summed E-state index contributed by atoms with van der Waals surface area (Å²) in [5.41, 5.74) is 1.55. The van der Waals surface area contributed by atoms with Crippen molar-refractivity contribution in [1.29, 1.82) is 0 Å². The van der Waals surface area contributed by atoms with E-state index < -0.39 is 12.1 Å². The lowest BCUT2D eigenvalue weighted by atomic mass is 9.89. The molecule has 1 unspecified atom stereocenters. The normalized spacial score (nSPS) is 14.6. The van der Waals surface area contributed by atoms with E-state index in [-0.39, 0.29) is 6.03 Å². The molecule has 8 nitrogen and oxygen atoms in total. The number of carboxylic acid groups (broad SMARTS) is 1. The van der Waals surface area contributed by atoms with E-state index in [1.54, 1.807) is 20.1 Å². The van der Waals surface area contributed by atoms with Gasteiger partial charge in [0, 0.05) is 31.3 Å². The number of carboxylic acids is 1. The van der Waals surface area contributed by atoms with Gasteiger partial charge in [0.05, 0.1) is 13.7 Å². The van der Waals surface area contributed by atoms with Crippen molar-refractivity contribution in [1.82, 2.24) is 4.90 Å². The molecule has 36 heavy (non-hydrogen) atoms. The first-order valence-corrected chi connectivity index (χ1v) is 12.7. The van der Waals surface area contributed by atoms with E-state index in [1.165, 1.54) is 19.3 Å². The maximum Gasteiger partial charge on any atom is 0.333 e. The summed E-state index contributed by atoms with van der Waals surface area (Å²) in [5.74, 6) is 0.895. The number of carbonyl (C=O) groups excluding carboxylic acids is 1. The number of aliphatic carboxylic acids is 1. The highest BCUT2D eigenvalue weighted by atomic mass is 16.5. The Morgan fingerprint density at radius 1 is 1.08 bits per heavy atom. The predicted octanol–water partition coefficient (Wildman–Crippen LogP) is 5.22. The van der Waals surface area contributed by atoms with Crippen LogP contribution >= 0.6 is 0 Å². The summed E-state index contributed by atoms with van der Waals surface area (Å²) < 4.78 is 16.5. The molecule has 0 heterocycles. The lowest BCUT2D eigenvalue weighted by Crippen LogP contribution is -2.41. The van der Waals surface area contributed by atoms with Crippen LogP contribution in [-0.2, 0) is 16.0 Å². The molecule has 8 heteroatoms. The Labute approximate surface area is 213 Å². The molecule has 2 amide bonds. The van der Waals surface area contributed by atoms with Crippen molar-refractivity contribution in [3.63, 3.8) is 0 Å². The fourth-order valence-corrected chi connectivity index (χ4v) is 4.49. The second-order valence-corrected chi connectivity index (χ2v) is 9.09. The van der Waals surface area contributed by atoms with Gasteiger partial charge in [-0.15, -0.1) is 0 Å². The summed E-state index contributed by atoms with van der Waals surface area (Å²) in [6.07, 6.45) is 5.41. The third-order valence-corrected chi connectivity index (χ3v) is 6.43. The molecule has 0 bridgehead atoms. The van der Waals surface area contributed by atoms with Gasteiger partial charge in [-0.3, -0.25) is 0 Å². The fourth-order valence-electron chi connectivity index (χ4n) is 4.49. The van der Waals surface area contributed by atoms with Crippen LogP contribution in [0.2, 0.25) is 0 Å². The molecule has 1 aliphatic rings. The van der Waals surface area contributed by atoms with E-state index >= 15 is 0 Å². The third kappa shape index (κ3) is 8.75. The van der Waals surface area contributed by atoms with Crippen molar-refractivity contribution in [2.75, 3.05) is 38.7 Å². The van der Waals surface area contributed by atoms with Gasteiger partial charge in [-0.25, -0.2) is 9.59 Å². The Balaban J connectivity index is 1.57. The number of methoxy groups -OCH3 is 1. The molecule has 1 aliphatic carbocycles. The molecule has 3 rings (SSSR count). The zero-order valence-corrected chi connectivity index (χ0v) is 21.3. The Kier molecular flexibility index (Phi) is 10.9. The number of rotatable bonds is 13. The van der Waals surface area contributed by atoms with E-state index in [1.807, 2.05) is 47.4 Å². The van der Waals surface area contributed by atoms with E-state index in [0.29, 0.717) is 55.8 Å². The number of nitrogens with zero attached hydrogens (tertiary/aromatic N) is 1. The minimum Gasteiger partial charge on any atom is -0.497 e. The summed E-state index contributed by atoms with van der Waals surface area (Å²) in [6.45, 7) is 3.64. The smallest absolute Gasteiger partial charge is 0.333 e. The van der Waals surface area contributed by atoms with E-state index in [4.69, 9.17) is 14.2 Å². The summed E-state index contributed by atoms with van der Waals surface area (Å²) in [7, 11) is 1.60. The predicted molar refractivity (Wildman–Crippen MR) is 139 cm³/mol. The zero-order chi connectivity index (χ0) is 25.8. The quantitative estimate of drug-likeness (QED) is 0.393. The summed E-state index contributed by atoms with van der Waals surface area (Å²) in [6, 6.07) is 14.5. The third-order valence-electron chi connectivity index (χ3n) is 6.43. The summed E-state index contributed by atoms with van der Waals surface area (Å²) in [5, 5.41) is 12.3. The number of urea groups is 1. The first kappa shape index (κ1) is 27.3. The fraction of sp³-hybridized carbons (Fsp3) is 0.500. The largest absolute Gasteiger partial charge is 0.497 e. The van der Waals surface area contributed by atoms with Crippen LogP contribution in [0, 0.1) is 5.92 Å². The van der Waals surface area contributed by atoms with Crippen molar-refractivity contribution >= 4 is 17.7 Å². The molecular weight excluding hydrogens is 460 g/mol. The first-order chi connectivity index (χ1) is 17.5. The molecule has 1 saturated carbocycles. The minimum absolute atomic E-state index is 0.150. The summed E-state index contributed by atoms with van der Waals surface area (Å²) in [4.78, 5) is 26.3. The standard InChI is InChI=1S/C28H38N2O6/c1-3-35-26(27(31)32)18-21-12-14-24(15-13-21)36-17-16-30(20-22-8-5-4-6-9-22)28(33)29-23-10-7-11-25(19-23)34-2/h7,10-15,19,22,26H,3-6,8-9,16-18,20H2,1-2H3,(H,29,33)(H,31,32). The van der Waals surface area contributed by atoms with Gasteiger partial charge < -0.3 is 29.5 Å². The van der Waals surface area contributed by atoms with Crippen molar-refractivity contribution in [2.45, 2.75) is 51.6 Å². The van der Waals surface area contributed by atoms with Gasteiger partial charge in [0.2, 0.25) is 0 Å². The highest BCUT2D eigenvalue weighted by Gasteiger charge is 2.22. The first-order valence-electron chi connectivity index (χ1n) is 12.7.